The molecule has 3 aromatic rings. The Morgan fingerprint density at radius 3 is 2.84 bits per heavy atom. The number of carbonyl (C=O) groups excluding carboxylic acids is 1. The molecule has 1 atom stereocenters. The van der Waals surface area contributed by atoms with Crippen molar-refractivity contribution in [1.29, 1.82) is 0 Å². The molecule has 11 heteroatoms. The number of methoxy groups -OCH3 is 1. The second kappa shape index (κ2) is 8.21. The molecule has 2 aromatic heterocycles. The van der Waals surface area contributed by atoms with Crippen molar-refractivity contribution in [1.82, 2.24) is 24.4 Å². The van der Waals surface area contributed by atoms with Gasteiger partial charge in [0.05, 0.1) is 37.3 Å². The summed E-state index contributed by atoms with van der Waals surface area (Å²) in [4.78, 5) is 14.1. The number of fused-ring (bicyclic) bond motifs is 3. The summed E-state index contributed by atoms with van der Waals surface area (Å²) >= 11 is 5.68. The van der Waals surface area contributed by atoms with Gasteiger partial charge in [-0.15, -0.1) is 0 Å². The Labute approximate surface area is 185 Å². The average Bonchev–Trinajstić information content (AvgIpc) is 3.19. The molecule has 0 bridgehead atoms. The second-order valence-corrected chi connectivity index (χ2v) is 10.6. The van der Waals surface area contributed by atoms with Crippen LogP contribution in [0.1, 0.15) is 12.0 Å². The van der Waals surface area contributed by atoms with E-state index < -0.39 is 9.84 Å². The lowest BCUT2D eigenvalue weighted by Crippen LogP contribution is -2.42. The highest BCUT2D eigenvalue weighted by Gasteiger charge is 2.29. The van der Waals surface area contributed by atoms with Crippen molar-refractivity contribution in [2.75, 3.05) is 32.2 Å². The SMILES string of the molecule is COc1ccc2c(C)cc3nn(CN(C)CC(=O)NC4CCS(=O)(=O)C4)c(=S)n3c2c1. The van der Waals surface area contributed by atoms with Crippen LogP contribution in [0.2, 0.25) is 0 Å². The molecule has 1 saturated heterocycles. The summed E-state index contributed by atoms with van der Waals surface area (Å²) in [6.07, 6.45) is 0.463. The highest BCUT2D eigenvalue weighted by molar-refractivity contribution is 7.91. The molecule has 1 aliphatic rings. The third kappa shape index (κ3) is 4.43. The third-order valence-corrected chi connectivity index (χ3v) is 7.63. The number of hydrogen-bond acceptors (Lipinski definition) is 7. The monoisotopic (exact) mass is 463 g/mol. The lowest BCUT2D eigenvalue weighted by molar-refractivity contribution is -0.122. The maximum atomic E-state index is 12.3. The van der Waals surface area contributed by atoms with Gasteiger partial charge in [0.25, 0.3) is 0 Å². The van der Waals surface area contributed by atoms with Crippen molar-refractivity contribution in [2.45, 2.75) is 26.1 Å². The number of aromatic nitrogens is 3. The number of carbonyl (C=O) groups is 1. The first-order chi connectivity index (χ1) is 14.7. The van der Waals surface area contributed by atoms with E-state index in [1.165, 1.54) is 0 Å². The molecule has 4 rings (SSSR count). The first kappa shape index (κ1) is 21.7. The van der Waals surface area contributed by atoms with Gasteiger partial charge in [-0.3, -0.25) is 14.1 Å². The summed E-state index contributed by atoms with van der Waals surface area (Å²) in [5.74, 6) is 0.653. The van der Waals surface area contributed by atoms with Gasteiger partial charge in [-0.05, 0) is 56.4 Å². The fourth-order valence-electron chi connectivity index (χ4n) is 3.97. The Hall–Kier alpha value is -2.50. The van der Waals surface area contributed by atoms with E-state index in [0.717, 1.165) is 27.9 Å². The van der Waals surface area contributed by atoms with E-state index in [4.69, 9.17) is 17.0 Å². The maximum absolute atomic E-state index is 12.3. The van der Waals surface area contributed by atoms with E-state index >= 15 is 0 Å². The Morgan fingerprint density at radius 1 is 1.39 bits per heavy atom. The van der Waals surface area contributed by atoms with Crippen LogP contribution < -0.4 is 10.1 Å². The Bertz CT molecular complexity index is 1330. The number of pyridine rings is 1. The first-order valence-corrected chi connectivity index (χ1v) is 12.1. The van der Waals surface area contributed by atoms with E-state index in [1.54, 1.807) is 23.7 Å². The number of amides is 1. The molecule has 3 heterocycles. The molecule has 1 aliphatic heterocycles. The molecule has 0 saturated carbocycles. The van der Waals surface area contributed by atoms with Crippen molar-refractivity contribution < 1.29 is 17.9 Å². The van der Waals surface area contributed by atoms with Gasteiger partial charge in [-0.2, -0.15) is 5.10 Å². The van der Waals surface area contributed by atoms with Gasteiger partial charge in [-0.1, -0.05) is 0 Å². The van der Waals surface area contributed by atoms with Crippen molar-refractivity contribution in [3.05, 3.63) is 34.6 Å². The summed E-state index contributed by atoms with van der Waals surface area (Å²) in [6.45, 7) is 2.46. The number of ether oxygens (including phenoxy) is 1. The summed E-state index contributed by atoms with van der Waals surface area (Å²) in [5, 5.41) is 8.49. The van der Waals surface area contributed by atoms with Crippen molar-refractivity contribution in [2.24, 2.45) is 0 Å². The smallest absolute Gasteiger partial charge is 0.234 e. The molecular weight excluding hydrogens is 438 g/mol. The van der Waals surface area contributed by atoms with Crippen LogP contribution in [-0.2, 0) is 21.3 Å². The van der Waals surface area contributed by atoms with Crippen LogP contribution in [0.4, 0.5) is 0 Å². The van der Waals surface area contributed by atoms with E-state index in [-0.39, 0.29) is 30.0 Å². The minimum absolute atomic E-state index is 0.00976. The quantitative estimate of drug-likeness (QED) is 0.554. The van der Waals surface area contributed by atoms with Crippen LogP contribution in [-0.4, -0.2) is 71.7 Å². The average molecular weight is 464 g/mol. The maximum Gasteiger partial charge on any atom is 0.234 e. The summed E-state index contributed by atoms with van der Waals surface area (Å²) in [7, 11) is 0.385. The zero-order valence-electron chi connectivity index (χ0n) is 17.7. The van der Waals surface area contributed by atoms with Crippen LogP contribution in [0.15, 0.2) is 24.3 Å². The number of nitrogens with one attached hydrogen (secondary N) is 1. The molecule has 1 unspecified atom stereocenters. The minimum Gasteiger partial charge on any atom is -0.497 e. The van der Waals surface area contributed by atoms with Gasteiger partial charge < -0.3 is 10.1 Å². The fraction of sp³-hybridized carbons (Fsp3) is 0.450. The molecule has 1 N–H and O–H groups in total. The van der Waals surface area contributed by atoms with Crippen molar-refractivity contribution >= 4 is 44.5 Å². The van der Waals surface area contributed by atoms with Crippen LogP contribution in [0, 0.1) is 11.7 Å². The van der Waals surface area contributed by atoms with E-state index in [2.05, 4.69) is 10.4 Å². The minimum atomic E-state index is -3.03. The van der Waals surface area contributed by atoms with Crippen molar-refractivity contribution in [3.63, 3.8) is 0 Å². The molecule has 31 heavy (non-hydrogen) atoms. The summed E-state index contributed by atoms with van der Waals surface area (Å²) in [6, 6.07) is 7.52. The number of hydrogen-bond donors (Lipinski definition) is 1. The predicted molar refractivity (Wildman–Crippen MR) is 121 cm³/mol. The lowest BCUT2D eigenvalue weighted by Gasteiger charge is -2.17. The molecule has 1 amide bonds. The number of sulfone groups is 1. The van der Waals surface area contributed by atoms with Gasteiger partial charge in [-0.25, -0.2) is 13.1 Å². The number of rotatable bonds is 6. The topological polar surface area (TPSA) is 97.9 Å². The van der Waals surface area contributed by atoms with E-state index in [0.29, 0.717) is 17.9 Å². The molecule has 1 aromatic carbocycles. The number of aryl methyl sites for hydroxylation is 1. The van der Waals surface area contributed by atoms with Crippen LogP contribution in [0.5, 0.6) is 5.75 Å². The number of benzene rings is 1. The van der Waals surface area contributed by atoms with Crippen LogP contribution in [0.25, 0.3) is 16.6 Å². The largest absolute Gasteiger partial charge is 0.497 e. The van der Waals surface area contributed by atoms with Gasteiger partial charge in [0, 0.05) is 17.5 Å². The van der Waals surface area contributed by atoms with Gasteiger partial charge >= 0.3 is 0 Å². The fourth-order valence-corrected chi connectivity index (χ4v) is 5.93. The number of nitrogens with zero attached hydrogens (tertiary/aromatic N) is 4. The Kier molecular flexibility index (Phi) is 5.75. The molecule has 9 nitrogen and oxygen atoms in total. The predicted octanol–water partition coefficient (Wildman–Crippen LogP) is 1.53. The standard InChI is InChI=1S/C20H25N5O4S2/c1-13-8-18-22-24(20(30)25(18)17-9-15(29-3)4-5-16(13)17)12-23(2)10-19(26)21-14-6-7-31(27,28)11-14/h4-5,8-9,14H,6-7,10-12H2,1-3H3,(H,21,26). The molecular formula is C20H25N5O4S2. The van der Waals surface area contributed by atoms with Gasteiger partial charge in [0.2, 0.25) is 10.7 Å². The lowest BCUT2D eigenvalue weighted by atomic mass is 10.1. The van der Waals surface area contributed by atoms with Crippen LogP contribution >= 0.6 is 12.2 Å². The van der Waals surface area contributed by atoms with E-state index in [1.807, 2.05) is 35.6 Å². The first-order valence-electron chi connectivity index (χ1n) is 9.92. The van der Waals surface area contributed by atoms with Gasteiger partial charge in [0.15, 0.2) is 15.5 Å². The Morgan fingerprint density at radius 2 is 2.16 bits per heavy atom. The van der Waals surface area contributed by atoms with Gasteiger partial charge in [0.1, 0.15) is 5.75 Å². The number of likely N-dealkylation sites (N-methyl/N-ethyl adjacent to an activating group) is 1. The zero-order valence-corrected chi connectivity index (χ0v) is 19.3. The molecule has 166 valence electrons. The Balaban J connectivity index is 1.54. The summed E-state index contributed by atoms with van der Waals surface area (Å²) < 4.78 is 32.6. The molecule has 0 aliphatic carbocycles. The third-order valence-electron chi connectivity index (χ3n) is 5.47. The van der Waals surface area contributed by atoms with Crippen molar-refractivity contribution in [3.8, 4) is 5.75 Å². The molecule has 0 spiro atoms. The second-order valence-electron chi connectivity index (χ2n) is 8.01. The van der Waals surface area contributed by atoms with Crippen LogP contribution in [0.3, 0.4) is 0 Å². The highest BCUT2D eigenvalue weighted by atomic mass is 32.2. The molecule has 0 radical (unpaired) electrons. The van der Waals surface area contributed by atoms with E-state index in [9.17, 15) is 13.2 Å². The summed E-state index contributed by atoms with van der Waals surface area (Å²) in [5.41, 5.74) is 2.71. The highest BCUT2D eigenvalue weighted by Crippen LogP contribution is 2.25. The zero-order chi connectivity index (χ0) is 22.3. The normalized spacial score (nSPS) is 18.1. The molecule has 1 fully saturated rings.